The van der Waals surface area contributed by atoms with Gasteiger partial charge in [-0.1, -0.05) is 48.5 Å². The molecule has 0 saturated carbocycles. The van der Waals surface area contributed by atoms with E-state index in [1.165, 1.54) is 29.2 Å². The van der Waals surface area contributed by atoms with Gasteiger partial charge in [0.1, 0.15) is 6.61 Å². The minimum absolute atomic E-state index is 0.0143. The van der Waals surface area contributed by atoms with Crippen molar-refractivity contribution < 1.29 is 14.3 Å². The van der Waals surface area contributed by atoms with Crippen LogP contribution in [-0.4, -0.2) is 42.6 Å². The molecule has 1 aliphatic heterocycles. The van der Waals surface area contributed by atoms with Crippen LogP contribution in [0.15, 0.2) is 48.5 Å². The Morgan fingerprint density at radius 3 is 2.16 bits per heavy atom. The molecule has 0 bridgehead atoms. The molecule has 0 atom stereocenters. The second kappa shape index (κ2) is 6.24. The smallest absolute Gasteiger partial charge is 0.407 e. The number of amides is 2. The fourth-order valence-electron chi connectivity index (χ4n) is 3.63. The van der Waals surface area contributed by atoms with Crippen molar-refractivity contribution in [3.63, 3.8) is 0 Å². The van der Waals surface area contributed by atoms with Gasteiger partial charge in [-0.3, -0.25) is 4.79 Å². The second-order valence-electron chi connectivity index (χ2n) is 6.59. The van der Waals surface area contributed by atoms with E-state index in [0.717, 1.165) is 0 Å². The van der Waals surface area contributed by atoms with E-state index in [1.54, 1.807) is 4.90 Å². The number of nitrogens with one attached hydrogen (secondary N) is 1. The average Bonchev–Trinajstić information content (AvgIpc) is 2.90. The van der Waals surface area contributed by atoms with Crippen LogP contribution in [0.3, 0.4) is 0 Å². The van der Waals surface area contributed by atoms with Crippen LogP contribution >= 0.6 is 0 Å². The zero-order chi connectivity index (χ0) is 17.4. The normalized spacial score (nSPS) is 16.0. The van der Waals surface area contributed by atoms with Crippen LogP contribution in [0.25, 0.3) is 11.1 Å². The van der Waals surface area contributed by atoms with Crippen LogP contribution in [0.2, 0.25) is 0 Å². The first-order valence-electron chi connectivity index (χ1n) is 8.50. The number of fused-ring (bicyclic) bond motifs is 3. The van der Waals surface area contributed by atoms with Crippen molar-refractivity contribution in [3.05, 3.63) is 59.7 Å². The molecule has 2 aromatic carbocycles. The number of likely N-dealkylation sites (tertiary alicyclic amines) is 1. The zero-order valence-corrected chi connectivity index (χ0v) is 14.1. The van der Waals surface area contributed by atoms with Crippen molar-refractivity contribution in [3.8, 4) is 11.1 Å². The molecule has 1 N–H and O–H groups in total. The van der Waals surface area contributed by atoms with Crippen molar-refractivity contribution >= 4 is 12.0 Å². The van der Waals surface area contributed by atoms with Crippen LogP contribution in [0.1, 0.15) is 24.0 Å². The first-order chi connectivity index (χ1) is 12.1. The standard InChI is InChI=1S/C20H20N2O3/c1-13(23)22-10-14(11-22)21-20(24)25-12-19-17-8-4-2-6-15(17)16-7-3-5-9-18(16)19/h2-9,14,19H,10-12H2,1H3,(H,21,24). The van der Waals surface area contributed by atoms with E-state index in [0.29, 0.717) is 19.7 Å². The van der Waals surface area contributed by atoms with E-state index in [2.05, 4.69) is 29.6 Å². The highest BCUT2D eigenvalue weighted by atomic mass is 16.5. The van der Waals surface area contributed by atoms with Crippen LogP contribution in [-0.2, 0) is 9.53 Å². The van der Waals surface area contributed by atoms with Crippen molar-refractivity contribution in [2.24, 2.45) is 0 Å². The average molecular weight is 336 g/mol. The Hall–Kier alpha value is -2.82. The van der Waals surface area contributed by atoms with E-state index in [-0.39, 0.29) is 17.9 Å². The van der Waals surface area contributed by atoms with Gasteiger partial charge in [0.05, 0.1) is 6.04 Å². The highest BCUT2D eigenvalue weighted by molar-refractivity contribution is 5.79. The van der Waals surface area contributed by atoms with Crippen molar-refractivity contribution in [2.75, 3.05) is 19.7 Å². The maximum absolute atomic E-state index is 12.1. The molecule has 5 nitrogen and oxygen atoms in total. The highest BCUT2D eigenvalue weighted by Crippen LogP contribution is 2.44. The van der Waals surface area contributed by atoms with Crippen LogP contribution in [0, 0.1) is 0 Å². The first kappa shape index (κ1) is 15.7. The first-order valence-corrected chi connectivity index (χ1v) is 8.50. The predicted molar refractivity (Wildman–Crippen MR) is 94.2 cm³/mol. The topological polar surface area (TPSA) is 58.6 Å². The van der Waals surface area contributed by atoms with E-state index in [4.69, 9.17) is 4.74 Å². The number of carbonyl (C=O) groups excluding carboxylic acids is 2. The predicted octanol–water partition coefficient (Wildman–Crippen LogP) is 2.76. The third kappa shape index (κ3) is 2.86. The molecule has 25 heavy (non-hydrogen) atoms. The molecule has 0 unspecified atom stereocenters. The molecule has 1 aliphatic carbocycles. The number of ether oxygens (including phenoxy) is 1. The molecule has 0 radical (unpaired) electrons. The largest absolute Gasteiger partial charge is 0.449 e. The Kier molecular flexibility index (Phi) is 3.92. The third-order valence-electron chi connectivity index (χ3n) is 4.99. The van der Waals surface area contributed by atoms with Gasteiger partial charge in [0.2, 0.25) is 5.91 Å². The van der Waals surface area contributed by atoms with Gasteiger partial charge in [-0.05, 0) is 22.3 Å². The third-order valence-corrected chi connectivity index (χ3v) is 4.99. The van der Waals surface area contributed by atoms with Gasteiger partial charge in [-0.25, -0.2) is 4.79 Å². The molecular formula is C20H20N2O3. The summed E-state index contributed by atoms with van der Waals surface area (Å²) in [5.74, 6) is 0.0962. The minimum atomic E-state index is -0.421. The van der Waals surface area contributed by atoms with Crippen LogP contribution < -0.4 is 5.32 Å². The summed E-state index contributed by atoms with van der Waals surface area (Å²) in [5.41, 5.74) is 4.82. The fourth-order valence-corrected chi connectivity index (χ4v) is 3.63. The summed E-state index contributed by atoms with van der Waals surface area (Å²) >= 11 is 0. The van der Waals surface area contributed by atoms with Crippen LogP contribution in [0.5, 0.6) is 0 Å². The quantitative estimate of drug-likeness (QED) is 0.938. The highest BCUT2D eigenvalue weighted by Gasteiger charge is 2.32. The lowest BCUT2D eigenvalue weighted by Crippen LogP contribution is -2.60. The zero-order valence-electron chi connectivity index (χ0n) is 14.1. The molecule has 4 rings (SSSR count). The van der Waals surface area contributed by atoms with Gasteiger partial charge in [0.15, 0.2) is 0 Å². The van der Waals surface area contributed by atoms with Crippen molar-refractivity contribution in [2.45, 2.75) is 18.9 Å². The summed E-state index contributed by atoms with van der Waals surface area (Å²) in [6.07, 6.45) is -0.421. The Labute approximate surface area is 146 Å². The maximum atomic E-state index is 12.1. The number of nitrogens with zero attached hydrogens (tertiary/aromatic N) is 1. The monoisotopic (exact) mass is 336 g/mol. The summed E-state index contributed by atoms with van der Waals surface area (Å²) in [4.78, 5) is 24.9. The Balaban J connectivity index is 1.40. The lowest BCUT2D eigenvalue weighted by Gasteiger charge is -2.38. The van der Waals surface area contributed by atoms with E-state index >= 15 is 0 Å². The van der Waals surface area contributed by atoms with Gasteiger partial charge in [-0.2, -0.15) is 0 Å². The molecule has 128 valence electrons. The number of benzene rings is 2. The van der Waals surface area contributed by atoms with Crippen molar-refractivity contribution in [1.29, 1.82) is 0 Å². The van der Waals surface area contributed by atoms with E-state index in [9.17, 15) is 9.59 Å². The molecular weight excluding hydrogens is 316 g/mol. The lowest BCUT2D eigenvalue weighted by molar-refractivity contribution is -0.133. The molecule has 2 amide bonds. The Morgan fingerprint density at radius 2 is 1.60 bits per heavy atom. The lowest BCUT2D eigenvalue weighted by atomic mass is 9.98. The molecule has 5 heteroatoms. The number of hydrogen-bond donors (Lipinski definition) is 1. The summed E-state index contributed by atoms with van der Waals surface area (Å²) in [6, 6.07) is 16.5. The number of carbonyl (C=O) groups is 2. The maximum Gasteiger partial charge on any atom is 0.407 e. The minimum Gasteiger partial charge on any atom is -0.449 e. The van der Waals surface area contributed by atoms with Gasteiger partial charge in [0.25, 0.3) is 0 Å². The van der Waals surface area contributed by atoms with E-state index in [1.807, 2.05) is 24.3 Å². The van der Waals surface area contributed by atoms with Gasteiger partial charge in [-0.15, -0.1) is 0 Å². The molecule has 1 heterocycles. The van der Waals surface area contributed by atoms with Crippen LogP contribution in [0.4, 0.5) is 4.79 Å². The molecule has 0 spiro atoms. The molecule has 1 fully saturated rings. The van der Waals surface area contributed by atoms with Crippen molar-refractivity contribution in [1.82, 2.24) is 10.2 Å². The second-order valence-corrected chi connectivity index (χ2v) is 6.59. The van der Waals surface area contributed by atoms with Gasteiger partial charge < -0.3 is 15.0 Å². The number of alkyl carbamates (subject to hydrolysis) is 1. The van der Waals surface area contributed by atoms with E-state index < -0.39 is 6.09 Å². The number of hydrogen-bond acceptors (Lipinski definition) is 3. The molecule has 0 aromatic heterocycles. The summed E-state index contributed by atoms with van der Waals surface area (Å²) in [6.45, 7) is 2.95. The SMILES string of the molecule is CC(=O)N1CC(NC(=O)OCC2c3ccccc3-c3ccccc32)C1. The molecule has 2 aliphatic rings. The summed E-state index contributed by atoms with van der Waals surface area (Å²) in [5, 5.41) is 2.82. The Morgan fingerprint density at radius 1 is 1.04 bits per heavy atom. The fraction of sp³-hybridized carbons (Fsp3) is 0.300. The van der Waals surface area contributed by atoms with Gasteiger partial charge >= 0.3 is 6.09 Å². The Bertz CT molecular complexity index is 782. The number of rotatable bonds is 3. The van der Waals surface area contributed by atoms with Gasteiger partial charge in [0, 0.05) is 25.9 Å². The summed E-state index contributed by atoms with van der Waals surface area (Å²) in [7, 11) is 0. The molecule has 1 saturated heterocycles. The molecule has 2 aromatic rings. The summed E-state index contributed by atoms with van der Waals surface area (Å²) < 4.78 is 5.49.